The fourth-order valence-electron chi connectivity index (χ4n) is 11.6. The molecule has 6 heteroatoms. The maximum absolute atomic E-state index is 12.5. The average molecular weight is 1130 g/mol. The quantitative estimate of drug-likeness (QED) is 0.0320. The zero-order valence-corrected chi connectivity index (χ0v) is 54.3. The van der Waals surface area contributed by atoms with Crippen LogP contribution in [0.2, 0.25) is 0 Å². The molecular weight excluding hydrogens is 983 g/mol. The van der Waals surface area contributed by atoms with Gasteiger partial charge in [-0.1, -0.05) is 353 Å². The Morgan fingerprint density at radius 3 is 0.925 bits per heavy atom. The molecule has 1 amide bonds. The number of amides is 1. The molecule has 2 unspecified atom stereocenters. The van der Waals surface area contributed by atoms with Crippen LogP contribution in [0.15, 0.2) is 24.3 Å². The lowest BCUT2D eigenvalue weighted by Gasteiger charge is -2.22. The van der Waals surface area contributed by atoms with Crippen molar-refractivity contribution in [1.82, 2.24) is 5.32 Å². The molecule has 6 nitrogen and oxygen atoms in total. The molecule has 0 aliphatic carbocycles. The Balaban J connectivity index is 3.32. The predicted octanol–water partition coefficient (Wildman–Crippen LogP) is 23.7. The number of carbonyl (C=O) groups is 2. The Morgan fingerprint density at radius 1 is 0.338 bits per heavy atom. The Bertz CT molecular complexity index is 1250. The van der Waals surface area contributed by atoms with Crippen molar-refractivity contribution in [3.05, 3.63) is 24.3 Å². The summed E-state index contributed by atoms with van der Waals surface area (Å²) in [6, 6.07) is -0.538. The van der Waals surface area contributed by atoms with Crippen molar-refractivity contribution < 1.29 is 24.5 Å². The summed E-state index contributed by atoms with van der Waals surface area (Å²) in [7, 11) is 0. The second-order valence-corrected chi connectivity index (χ2v) is 25.3. The number of unbranched alkanes of at least 4 members (excludes halogenated alkanes) is 54. The zero-order chi connectivity index (χ0) is 57.8. The first-order valence-corrected chi connectivity index (χ1v) is 36.6. The molecule has 0 rings (SSSR count). The highest BCUT2D eigenvalue weighted by atomic mass is 16.5. The highest BCUT2D eigenvalue weighted by Gasteiger charge is 2.20. The van der Waals surface area contributed by atoms with Gasteiger partial charge in [0.05, 0.1) is 25.4 Å². The van der Waals surface area contributed by atoms with Crippen LogP contribution >= 0.6 is 0 Å². The first-order valence-electron chi connectivity index (χ1n) is 36.6. The van der Waals surface area contributed by atoms with Crippen LogP contribution in [0.3, 0.4) is 0 Å². The third-order valence-corrected chi connectivity index (χ3v) is 17.2. The lowest BCUT2D eigenvalue weighted by Crippen LogP contribution is -2.45. The van der Waals surface area contributed by atoms with Crippen LogP contribution in [-0.4, -0.2) is 47.4 Å². The summed E-state index contributed by atoms with van der Waals surface area (Å²) in [4.78, 5) is 24.5. The third-order valence-electron chi connectivity index (χ3n) is 17.2. The van der Waals surface area contributed by atoms with E-state index in [2.05, 4.69) is 43.5 Å². The van der Waals surface area contributed by atoms with E-state index in [1.54, 1.807) is 0 Å². The molecular formula is C74H143NO5. The van der Waals surface area contributed by atoms with Crippen LogP contribution in [0.25, 0.3) is 0 Å². The molecule has 0 bridgehead atoms. The summed E-state index contributed by atoms with van der Waals surface area (Å²) in [5, 5.41) is 23.3. The van der Waals surface area contributed by atoms with Crippen LogP contribution < -0.4 is 5.32 Å². The Hall–Kier alpha value is -1.66. The van der Waals surface area contributed by atoms with Gasteiger partial charge < -0.3 is 20.3 Å². The van der Waals surface area contributed by atoms with E-state index in [0.29, 0.717) is 25.9 Å². The SMILES string of the molecule is CCCC/C=C\CCCCCCCC(=O)OCCCCCCCCCCCCCCCCCC/C=C\CCCCCCCCCCCCCCCCCCCC(=O)NC(CO)C(O)CCCCCCCCCCCCCCCCC. The van der Waals surface area contributed by atoms with Crippen molar-refractivity contribution in [2.45, 2.75) is 424 Å². The van der Waals surface area contributed by atoms with Crippen molar-refractivity contribution in [2.24, 2.45) is 0 Å². The van der Waals surface area contributed by atoms with Crippen LogP contribution in [0.1, 0.15) is 412 Å². The van der Waals surface area contributed by atoms with E-state index in [9.17, 15) is 19.8 Å². The first kappa shape index (κ1) is 78.3. The number of aliphatic hydroxyl groups excluding tert-OH is 2. The molecule has 3 N–H and O–H groups in total. The summed E-state index contributed by atoms with van der Waals surface area (Å²) < 4.78 is 5.47. The Kier molecular flexibility index (Phi) is 68.4. The second kappa shape index (κ2) is 69.8. The molecule has 0 spiro atoms. The van der Waals surface area contributed by atoms with Gasteiger partial charge in [0.15, 0.2) is 0 Å². The summed E-state index contributed by atoms with van der Waals surface area (Å²) in [6.45, 7) is 4.95. The highest BCUT2D eigenvalue weighted by molar-refractivity contribution is 5.76. The van der Waals surface area contributed by atoms with Gasteiger partial charge in [0, 0.05) is 12.8 Å². The van der Waals surface area contributed by atoms with E-state index >= 15 is 0 Å². The van der Waals surface area contributed by atoms with Crippen LogP contribution in [0, 0.1) is 0 Å². The number of allylic oxidation sites excluding steroid dienone is 4. The zero-order valence-electron chi connectivity index (χ0n) is 54.3. The van der Waals surface area contributed by atoms with Gasteiger partial charge in [0.2, 0.25) is 5.91 Å². The minimum atomic E-state index is -0.661. The first-order chi connectivity index (χ1) is 39.5. The average Bonchev–Trinajstić information content (AvgIpc) is 3.46. The van der Waals surface area contributed by atoms with Gasteiger partial charge in [0.1, 0.15) is 0 Å². The van der Waals surface area contributed by atoms with E-state index in [0.717, 1.165) is 44.9 Å². The van der Waals surface area contributed by atoms with E-state index in [1.807, 2.05) is 0 Å². The standard InChI is InChI=1S/C74H143NO5/c1-3-5-7-9-11-13-15-16-40-43-47-50-54-58-62-66-72(77)71(70-76)75-73(78)67-63-59-55-51-48-44-41-38-36-34-32-30-28-26-24-22-20-18-17-19-21-23-25-27-29-31-33-35-37-39-42-45-49-53-57-61-65-69-80-74(79)68-64-60-56-52-46-14-12-10-8-6-4-2/h10,12,17,19,71-72,76-77H,3-9,11,13-16,18,20-70H2,1-2H3,(H,75,78)/b12-10-,19-17-. The van der Waals surface area contributed by atoms with Gasteiger partial charge in [-0.2, -0.15) is 0 Å². The van der Waals surface area contributed by atoms with E-state index < -0.39 is 12.1 Å². The van der Waals surface area contributed by atoms with Crippen molar-refractivity contribution in [1.29, 1.82) is 0 Å². The molecule has 80 heavy (non-hydrogen) atoms. The van der Waals surface area contributed by atoms with Crippen LogP contribution in [0.4, 0.5) is 0 Å². The number of nitrogens with one attached hydrogen (secondary N) is 1. The Labute approximate surface area is 501 Å². The fraction of sp³-hybridized carbons (Fsp3) is 0.919. The number of ether oxygens (including phenoxy) is 1. The molecule has 0 aromatic heterocycles. The lowest BCUT2D eigenvalue weighted by atomic mass is 10.0. The Morgan fingerprint density at radius 2 is 0.600 bits per heavy atom. The minimum absolute atomic E-state index is 0.0108. The summed E-state index contributed by atoms with van der Waals surface area (Å²) in [6.07, 6.45) is 88.3. The molecule has 0 saturated heterocycles. The fourth-order valence-corrected chi connectivity index (χ4v) is 11.6. The molecule has 0 heterocycles. The largest absolute Gasteiger partial charge is 0.466 e. The molecule has 2 atom stereocenters. The van der Waals surface area contributed by atoms with Gasteiger partial charge >= 0.3 is 5.97 Å². The molecule has 0 saturated carbocycles. The van der Waals surface area contributed by atoms with Gasteiger partial charge in [-0.25, -0.2) is 0 Å². The number of carbonyl (C=O) groups excluding carboxylic acids is 2. The summed E-state index contributed by atoms with van der Waals surface area (Å²) in [5.41, 5.74) is 0. The number of esters is 1. The maximum Gasteiger partial charge on any atom is 0.305 e. The molecule has 0 aromatic rings. The van der Waals surface area contributed by atoms with Crippen LogP contribution in [-0.2, 0) is 14.3 Å². The van der Waals surface area contributed by atoms with Gasteiger partial charge in [0.25, 0.3) is 0 Å². The number of rotatable bonds is 69. The minimum Gasteiger partial charge on any atom is -0.466 e. The smallest absolute Gasteiger partial charge is 0.305 e. The summed E-state index contributed by atoms with van der Waals surface area (Å²) in [5.74, 6) is -0.0170. The molecule has 0 fully saturated rings. The van der Waals surface area contributed by atoms with Crippen molar-refractivity contribution in [2.75, 3.05) is 13.2 Å². The highest BCUT2D eigenvalue weighted by Crippen LogP contribution is 2.19. The van der Waals surface area contributed by atoms with Crippen molar-refractivity contribution in [3.8, 4) is 0 Å². The van der Waals surface area contributed by atoms with E-state index in [1.165, 1.54) is 334 Å². The number of hydrogen-bond donors (Lipinski definition) is 3. The molecule has 474 valence electrons. The van der Waals surface area contributed by atoms with Gasteiger partial charge in [-0.15, -0.1) is 0 Å². The van der Waals surface area contributed by atoms with E-state index in [4.69, 9.17) is 4.74 Å². The lowest BCUT2D eigenvalue weighted by molar-refractivity contribution is -0.143. The predicted molar refractivity (Wildman–Crippen MR) is 352 cm³/mol. The topological polar surface area (TPSA) is 95.9 Å². The molecule has 0 aliphatic rings. The molecule has 0 aromatic carbocycles. The maximum atomic E-state index is 12.5. The number of hydrogen-bond acceptors (Lipinski definition) is 5. The van der Waals surface area contributed by atoms with Crippen LogP contribution in [0.5, 0.6) is 0 Å². The third kappa shape index (κ3) is 65.5. The van der Waals surface area contributed by atoms with Crippen molar-refractivity contribution in [3.63, 3.8) is 0 Å². The van der Waals surface area contributed by atoms with E-state index in [-0.39, 0.29) is 18.5 Å². The molecule has 0 aliphatic heterocycles. The van der Waals surface area contributed by atoms with Crippen molar-refractivity contribution >= 4 is 11.9 Å². The monoisotopic (exact) mass is 1130 g/mol. The number of aliphatic hydroxyl groups is 2. The second-order valence-electron chi connectivity index (χ2n) is 25.3. The summed E-state index contributed by atoms with van der Waals surface area (Å²) >= 11 is 0. The normalized spacial score (nSPS) is 12.6. The van der Waals surface area contributed by atoms with Gasteiger partial charge in [-0.3, -0.25) is 9.59 Å². The molecule has 0 radical (unpaired) electrons. The van der Waals surface area contributed by atoms with Gasteiger partial charge in [-0.05, 0) is 70.6 Å².